The molecule has 0 radical (unpaired) electrons. The minimum absolute atomic E-state index is 0.274. The summed E-state index contributed by atoms with van der Waals surface area (Å²) in [6.45, 7) is 10.8. The lowest BCUT2D eigenvalue weighted by Crippen LogP contribution is -2.44. The summed E-state index contributed by atoms with van der Waals surface area (Å²) in [4.78, 5) is 0. The van der Waals surface area contributed by atoms with Crippen molar-refractivity contribution in [1.82, 2.24) is 0 Å². The quantitative estimate of drug-likeness (QED) is 0.462. The van der Waals surface area contributed by atoms with Crippen molar-refractivity contribution in [3.63, 3.8) is 0 Å². The topological polar surface area (TPSA) is 27.7 Å². The van der Waals surface area contributed by atoms with Crippen molar-refractivity contribution < 1.29 is 13.3 Å². The normalized spacial score (nSPS) is 11.3. The minimum Gasteiger partial charge on any atom is -0.374 e. The monoisotopic (exact) mass is 200 g/mol. The highest BCUT2D eigenvalue weighted by Crippen LogP contribution is 2.12. The van der Waals surface area contributed by atoms with Crippen molar-refractivity contribution in [2.45, 2.75) is 6.10 Å². The fraction of sp³-hybridized carbons (Fsp3) is 0.333. The summed E-state index contributed by atoms with van der Waals surface area (Å²) < 4.78 is 15.8. The van der Waals surface area contributed by atoms with E-state index >= 15 is 0 Å². The van der Waals surface area contributed by atoms with E-state index in [9.17, 15) is 0 Å². The van der Waals surface area contributed by atoms with Gasteiger partial charge in [0, 0.05) is 14.2 Å². The van der Waals surface area contributed by atoms with Gasteiger partial charge in [0.05, 0.1) is 6.10 Å². The van der Waals surface area contributed by atoms with Gasteiger partial charge in [-0.2, -0.15) is 0 Å². The van der Waals surface area contributed by atoms with Crippen LogP contribution >= 0.6 is 0 Å². The molecule has 0 saturated heterocycles. The Labute approximate surface area is 80.7 Å². The summed E-state index contributed by atoms with van der Waals surface area (Å²) in [5, 5.41) is 0. The van der Waals surface area contributed by atoms with Gasteiger partial charge < -0.3 is 13.3 Å². The van der Waals surface area contributed by atoms with Gasteiger partial charge in [-0.05, 0) is 5.70 Å². The van der Waals surface area contributed by atoms with Crippen molar-refractivity contribution in [2.75, 3.05) is 14.2 Å². The van der Waals surface area contributed by atoms with Gasteiger partial charge in [0.15, 0.2) is 0 Å². The summed E-state index contributed by atoms with van der Waals surface area (Å²) in [6, 6.07) is 0. The molecule has 0 aliphatic rings. The molecule has 13 heavy (non-hydrogen) atoms. The van der Waals surface area contributed by atoms with Crippen LogP contribution < -0.4 is 0 Å². The average Bonchev–Trinajstić information content (AvgIpc) is 2.21. The molecule has 0 aromatic rings. The van der Waals surface area contributed by atoms with Crippen LogP contribution in [-0.2, 0) is 13.3 Å². The molecule has 0 aromatic heterocycles. The Hall–Kier alpha value is -0.683. The fourth-order valence-electron chi connectivity index (χ4n) is 0.776. The van der Waals surface area contributed by atoms with E-state index in [1.807, 2.05) is 0 Å². The highest BCUT2D eigenvalue weighted by Gasteiger charge is 2.36. The van der Waals surface area contributed by atoms with Crippen LogP contribution in [0.25, 0.3) is 0 Å². The third-order valence-electron chi connectivity index (χ3n) is 1.58. The van der Waals surface area contributed by atoms with Crippen molar-refractivity contribution in [2.24, 2.45) is 0 Å². The fourth-order valence-corrected chi connectivity index (χ4v) is 2.14. The second-order valence-corrected chi connectivity index (χ2v) is 4.94. The molecule has 0 aliphatic heterocycles. The van der Waals surface area contributed by atoms with Gasteiger partial charge in [-0.1, -0.05) is 18.7 Å². The zero-order chi connectivity index (χ0) is 10.3. The Kier molecular flexibility index (Phi) is 5.57. The minimum atomic E-state index is -2.70. The SMILES string of the molecule is C=CC(C=C)O[Si](C=C)(OC)OC. The van der Waals surface area contributed by atoms with E-state index in [4.69, 9.17) is 13.3 Å². The summed E-state index contributed by atoms with van der Waals surface area (Å²) in [6.07, 6.45) is 2.97. The van der Waals surface area contributed by atoms with E-state index < -0.39 is 8.80 Å². The third-order valence-corrected chi connectivity index (χ3v) is 3.82. The molecule has 0 saturated carbocycles. The first-order valence-corrected chi connectivity index (χ1v) is 5.65. The molecule has 0 aliphatic carbocycles. The number of rotatable bonds is 7. The maximum atomic E-state index is 5.52. The third kappa shape index (κ3) is 3.28. The van der Waals surface area contributed by atoms with Gasteiger partial charge in [-0.25, -0.2) is 0 Å². The molecule has 0 bridgehead atoms. The Morgan fingerprint density at radius 3 is 1.77 bits per heavy atom. The number of hydrogen-bond donors (Lipinski definition) is 0. The second-order valence-electron chi connectivity index (χ2n) is 2.27. The molecule has 3 nitrogen and oxygen atoms in total. The first-order chi connectivity index (χ1) is 6.17. The largest absolute Gasteiger partial charge is 0.529 e. The summed E-state index contributed by atoms with van der Waals surface area (Å²) in [7, 11) is 0.356. The Morgan fingerprint density at radius 2 is 1.54 bits per heavy atom. The van der Waals surface area contributed by atoms with Crippen molar-refractivity contribution in [3.05, 3.63) is 37.6 Å². The van der Waals surface area contributed by atoms with Gasteiger partial charge >= 0.3 is 8.80 Å². The highest BCUT2D eigenvalue weighted by atomic mass is 28.4. The standard InChI is InChI=1S/C9H16O3Si/c1-6-9(7-2)12-13(8-3,10-4)11-5/h6-9H,1-3H2,4-5H3. The summed E-state index contributed by atoms with van der Waals surface area (Å²) in [5.74, 6) is 0. The van der Waals surface area contributed by atoms with Gasteiger partial charge in [0.1, 0.15) is 0 Å². The maximum absolute atomic E-state index is 5.52. The van der Waals surface area contributed by atoms with Crippen LogP contribution in [0.5, 0.6) is 0 Å². The van der Waals surface area contributed by atoms with Crippen molar-refractivity contribution >= 4 is 8.80 Å². The molecular formula is C9H16O3Si. The van der Waals surface area contributed by atoms with Gasteiger partial charge in [0.2, 0.25) is 0 Å². The van der Waals surface area contributed by atoms with Crippen LogP contribution in [0.15, 0.2) is 37.6 Å². The summed E-state index contributed by atoms with van der Waals surface area (Å²) in [5.41, 5.74) is 1.56. The Morgan fingerprint density at radius 1 is 1.08 bits per heavy atom. The molecule has 74 valence electrons. The highest BCUT2D eigenvalue weighted by molar-refractivity contribution is 6.66. The van der Waals surface area contributed by atoms with E-state index in [0.29, 0.717) is 0 Å². The van der Waals surface area contributed by atoms with Crippen LogP contribution in [0.1, 0.15) is 0 Å². The van der Waals surface area contributed by atoms with Crippen LogP contribution in [0.2, 0.25) is 0 Å². The molecule has 0 atom stereocenters. The summed E-state index contributed by atoms with van der Waals surface area (Å²) >= 11 is 0. The molecule has 0 spiro atoms. The first-order valence-electron chi connectivity index (χ1n) is 3.84. The average molecular weight is 200 g/mol. The maximum Gasteiger partial charge on any atom is 0.529 e. The zero-order valence-electron chi connectivity index (χ0n) is 8.16. The van der Waals surface area contributed by atoms with Crippen LogP contribution in [0, 0.1) is 0 Å². The lowest BCUT2D eigenvalue weighted by atomic mass is 10.4. The Balaban J connectivity index is 4.47. The smallest absolute Gasteiger partial charge is 0.374 e. The second kappa shape index (κ2) is 5.88. The van der Waals surface area contributed by atoms with Crippen molar-refractivity contribution in [1.29, 1.82) is 0 Å². The van der Waals surface area contributed by atoms with Crippen LogP contribution in [0.4, 0.5) is 0 Å². The van der Waals surface area contributed by atoms with E-state index in [1.165, 1.54) is 14.2 Å². The van der Waals surface area contributed by atoms with Gasteiger partial charge in [-0.15, -0.1) is 13.2 Å². The van der Waals surface area contributed by atoms with Gasteiger partial charge in [-0.3, -0.25) is 0 Å². The van der Waals surface area contributed by atoms with E-state index in [1.54, 1.807) is 17.9 Å². The molecule has 0 amide bonds. The van der Waals surface area contributed by atoms with E-state index in [-0.39, 0.29) is 6.10 Å². The van der Waals surface area contributed by atoms with Crippen LogP contribution in [0.3, 0.4) is 0 Å². The predicted molar refractivity (Wildman–Crippen MR) is 55.2 cm³/mol. The lowest BCUT2D eigenvalue weighted by molar-refractivity contribution is 0.103. The Bertz CT molecular complexity index is 179. The number of hydrogen-bond acceptors (Lipinski definition) is 3. The molecule has 0 fully saturated rings. The molecule has 0 aromatic carbocycles. The molecular weight excluding hydrogens is 184 g/mol. The van der Waals surface area contributed by atoms with Crippen molar-refractivity contribution in [3.8, 4) is 0 Å². The van der Waals surface area contributed by atoms with E-state index in [0.717, 1.165) is 0 Å². The molecule has 0 heterocycles. The van der Waals surface area contributed by atoms with E-state index in [2.05, 4.69) is 19.7 Å². The zero-order valence-corrected chi connectivity index (χ0v) is 9.16. The predicted octanol–water partition coefficient (Wildman–Crippen LogP) is 1.70. The lowest BCUT2D eigenvalue weighted by Gasteiger charge is -2.25. The molecule has 0 N–H and O–H groups in total. The molecule has 4 heteroatoms. The molecule has 0 unspecified atom stereocenters. The van der Waals surface area contributed by atoms with Gasteiger partial charge in [0.25, 0.3) is 0 Å². The molecule has 0 rings (SSSR count). The van der Waals surface area contributed by atoms with Crippen LogP contribution in [-0.4, -0.2) is 29.1 Å². The first kappa shape index (κ1) is 12.3.